The number of carbonyl (C=O) groups is 1. The summed E-state index contributed by atoms with van der Waals surface area (Å²) in [7, 11) is 1.63. The molecule has 0 bridgehead atoms. The number of ether oxygens (including phenoxy) is 1. The number of rotatable bonds is 4. The van der Waals surface area contributed by atoms with Crippen molar-refractivity contribution in [3.05, 3.63) is 51.7 Å². The van der Waals surface area contributed by atoms with E-state index in [-0.39, 0.29) is 5.91 Å². The van der Waals surface area contributed by atoms with Gasteiger partial charge in [0.2, 0.25) is 0 Å². The molecule has 0 aliphatic rings. The zero-order chi connectivity index (χ0) is 13.0. The molecule has 18 heavy (non-hydrogen) atoms. The molecule has 0 unspecified atom stereocenters. The van der Waals surface area contributed by atoms with Crippen LogP contribution in [0.4, 0.5) is 0 Å². The van der Waals surface area contributed by atoms with Crippen molar-refractivity contribution in [1.82, 2.24) is 5.32 Å². The van der Waals surface area contributed by atoms with Crippen molar-refractivity contribution in [2.45, 2.75) is 13.5 Å². The molecule has 0 fully saturated rings. The Balaban J connectivity index is 2.01. The van der Waals surface area contributed by atoms with Gasteiger partial charge in [-0.1, -0.05) is 18.2 Å². The van der Waals surface area contributed by atoms with E-state index in [0.29, 0.717) is 6.54 Å². The van der Waals surface area contributed by atoms with Crippen LogP contribution in [0.3, 0.4) is 0 Å². The summed E-state index contributed by atoms with van der Waals surface area (Å²) >= 11 is 1.46. The van der Waals surface area contributed by atoms with Crippen LogP contribution in [-0.2, 0) is 6.54 Å². The average molecular weight is 261 g/mol. The van der Waals surface area contributed by atoms with Gasteiger partial charge in [0, 0.05) is 12.1 Å². The van der Waals surface area contributed by atoms with E-state index in [0.717, 1.165) is 21.8 Å². The molecule has 1 aromatic carbocycles. The van der Waals surface area contributed by atoms with E-state index in [1.807, 2.05) is 42.6 Å². The highest BCUT2D eigenvalue weighted by Gasteiger charge is 2.08. The normalized spacial score (nSPS) is 10.1. The van der Waals surface area contributed by atoms with E-state index in [2.05, 4.69) is 5.32 Å². The number of hydrogen-bond acceptors (Lipinski definition) is 3. The lowest BCUT2D eigenvalue weighted by Gasteiger charge is -2.08. The maximum atomic E-state index is 11.9. The van der Waals surface area contributed by atoms with E-state index in [1.165, 1.54) is 11.3 Å². The fourth-order valence-electron chi connectivity index (χ4n) is 1.66. The molecule has 2 aromatic rings. The van der Waals surface area contributed by atoms with Gasteiger partial charge < -0.3 is 10.1 Å². The molecule has 1 heterocycles. The molecular weight excluding hydrogens is 246 g/mol. The molecule has 1 aromatic heterocycles. The lowest BCUT2D eigenvalue weighted by atomic mass is 10.2. The third kappa shape index (κ3) is 2.90. The predicted molar refractivity (Wildman–Crippen MR) is 73.2 cm³/mol. The van der Waals surface area contributed by atoms with Gasteiger partial charge in [-0.3, -0.25) is 4.79 Å². The molecule has 0 aliphatic heterocycles. The molecule has 0 saturated heterocycles. The van der Waals surface area contributed by atoms with Gasteiger partial charge in [-0.15, -0.1) is 11.3 Å². The number of benzene rings is 1. The summed E-state index contributed by atoms with van der Waals surface area (Å²) in [4.78, 5) is 12.6. The lowest BCUT2D eigenvalue weighted by Crippen LogP contribution is -2.22. The van der Waals surface area contributed by atoms with Gasteiger partial charge in [0.15, 0.2) is 0 Å². The Labute approximate surface area is 110 Å². The third-order valence-electron chi connectivity index (χ3n) is 2.59. The molecule has 1 amide bonds. The monoisotopic (exact) mass is 261 g/mol. The Morgan fingerprint density at radius 2 is 2.17 bits per heavy atom. The van der Waals surface area contributed by atoms with Crippen molar-refractivity contribution < 1.29 is 9.53 Å². The third-order valence-corrected chi connectivity index (χ3v) is 3.63. The van der Waals surface area contributed by atoms with Gasteiger partial charge in [-0.25, -0.2) is 0 Å². The fourth-order valence-corrected chi connectivity index (χ4v) is 2.48. The van der Waals surface area contributed by atoms with Crippen molar-refractivity contribution in [3.63, 3.8) is 0 Å². The summed E-state index contributed by atoms with van der Waals surface area (Å²) in [6, 6.07) is 9.56. The number of para-hydroxylation sites is 1. The van der Waals surface area contributed by atoms with Crippen molar-refractivity contribution >= 4 is 17.2 Å². The zero-order valence-corrected chi connectivity index (χ0v) is 11.2. The van der Waals surface area contributed by atoms with Gasteiger partial charge in [0.1, 0.15) is 5.75 Å². The maximum absolute atomic E-state index is 11.9. The highest BCUT2D eigenvalue weighted by Crippen LogP contribution is 2.18. The van der Waals surface area contributed by atoms with Crippen LogP contribution >= 0.6 is 11.3 Å². The van der Waals surface area contributed by atoms with Crippen LogP contribution < -0.4 is 10.1 Å². The fraction of sp³-hybridized carbons (Fsp3) is 0.214. The van der Waals surface area contributed by atoms with Gasteiger partial charge >= 0.3 is 0 Å². The quantitative estimate of drug-likeness (QED) is 0.918. The van der Waals surface area contributed by atoms with Gasteiger partial charge in [0.05, 0.1) is 12.0 Å². The van der Waals surface area contributed by atoms with Crippen LogP contribution in [0.1, 0.15) is 20.8 Å². The first kappa shape index (κ1) is 12.6. The molecule has 1 N–H and O–H groups in total. The summed E-state index contributed by atoms with van der Waals surface area (Å²) in [6.07, 6.45) is 0. The minimum absolute atomic E-state index is 0.0426. The SMILES string of the molecule is COc1ccccc1CNC(=O)c1cc(C)cs1. The molecule has 0 atom stereocenters. The summed E-state index contributed by atoms with van der Waals surface area (Å²) in [5.74, 6) is 0.749. The van der Waals surface area contributed by atoms with E-state index in [1.54, 1.807) is 7.11 Å². The molecule has 0 radical (unpaired) electrons. The van der Waals surface area contributed by atoms with Gasteiger partial charge in [-0.2, -0.15) is 0 Å². The number of nitrogens with one attached hydrogen (secondary N) is 1. The molecule has 2 rings (SSSR count). The summed E-state index contributed by atoms with van der Waals surface area (Å²) in [5.41, 5.74) is 2.09. The van der Waals surface area contributed by atoms with Crippen LogP contribution in [0.5, 0.6) is 5.75 Å². The first-order valence-corrected chi connectivity index (χ1v) is 6.54. The first-order valence-electron chi connectivity index (χ1n) is 5.66. The Hall–Kier alpha value is -1.81. The van der Waals surface area contributed by atoms with E-state index in [9.17, 15) is 4.79 Å². The first-order chi connectivity index (χ1) is 8.70. The van der Waals surface area contributed by atoms with Crippen LogP contribution in [-0.4, -0.2) is 13.0 Å². The van der Waals surface area contributed by atoms with E-state index in [4.69, 9.17) is 4.74 Å². The summed E-state index contributed by atoms with van der Waals surface area (Å²) < 4.78 is 5.24. The van der Waals surface area contributed by atoms with Crippen molar-refractivity contribution in [1.29, 1.82) is 0 Å². The van der Waals surface area contributed by atoms with Gasteiger partial charge in [0.25, 0.3) is 5.91 Å². The highest BCUT2D eigenvalue weighted by molar-refractivity contribution is 7.12. The Kier molecular flexibility index (Phi) is 3.99. The van der Waals surface area contributed by atoms with Gasteiger partial charge in [-0.05, 0) is 30.0 Å². The summed E-state index contributed by atoms with van der Waals surface area (Å²) in [5, 5.41) is 4.87. The van der Waals surface area contributed by atoms with E-state index >= 15 is 0 Å². The second kappa shape index (κ2) is 5.69. The summed E-state index contributed by atoms with van der Waals surface area (Å²) in [6.45, 7) is 2.45. The molecule has 94 valence electrons. The number of aryl methyl sites for hydroxylation is 1. The second-order valence-electron chi connectivity index (χ2n) is 3.98. The van der Waals surface area contributed by atoms with Crippen LogP contribution in [0.25, 0.3) is 0 Å². The second-order valence-corrected chi connectivity index (χ2v) is 4.89. The molecule has 0 aliphatic carbocycles. The van der Waals surface area contributed by atoms with Crippen LogP contribution in [0.15, 0.2) is 35.7 Å². The van der Waals surface area contributed by atoms with Crippen molar-refractivity contribution in [3.8, 4) is 5.75 Å². The lowest BCUT2D eigenvalue weighted by molar-refractivity contribution is 0.0954. The smallest absolute Gasteiger partial charge is 0.261 e. The Bertz CT molecular complexity index is 548. The Morgan fingerprint density at radius 1 is 1.39 bits per heavy atom. The molecule has 0 saturated carbocycles. The number of thiophene rings is 1. The van der Waals surface area contributed by atoms with Crippen LogP contribution in [0.2, 0.25) is 0 Å². The number of amides is 1. The van der Waals surface area contributed by atoms with Crippen LogP contribution in [0, 0.1) is 6.92 Å². The molecule has 0 spiro atoms. The molecular formula is C14H15NO2S. The number of methoxy groups -OCH3 is 1. The minimum Gasteiger partial charge on any atom is -0.496 e. The van der Waals surface area contributed by atoms with Crippen molar-refractivity contribution in [2.24, 2.45) is 0 Å². The zero-order valence-electron chi connectivity index (χ0n) is 10.4. The van der Waals surface area contributed by atoms with E-state index < -0.39 is 0 Å². The standard InChI is InChI=1S/C14H15NO2S/c1-10-7-13(18-9-10)14(16)15-8-11-5-3-4-6-12(11)17-2/h3-7,9H,8H2,1-2H3,(H,15,16). The predicted octanol–water partition coefficient (Wildman–Crippen LogP) is 3.00. The average Bonchev–Trinajstić information content (AvgIpc) is 2.83. The number of hydrogen-bond donors (Lipinski definition) is 1. The molecule has 3 nitrogen and oxygen atoms in total. The highest BCUT2D eigenvalue weighted by atomic mass is 32.1. The number of carbonyl (C=O) groups excluding carboxylic acids is 1. The maximum Gasteiger partial charge on any atom is 0.261 e. The largest absolute Gasteiger partial charge is 0.496 e. The van der Waals surface area contributed by atoms with Crippen molar-refractivity contribution in [2.75, 3.05) is 7.11 Å². The molecule has 4 heteroatoms. The topological polar surface area (TPSA) is 38.3 Å². The Morgan fingerprint density at radius 3 is 2.83 bits per heavy atom. The minimum atomic E-state index is -0.0426.